The fraction of sp³-hybridized carbons (Fsp3) is 0.562. The van der Waals surface area contributed by atoms with Crippen LogP contribution in [-0.2, 0) is 32.4 Å². The fourth-order valence-corrected chi connectivity index (χ4v) is 4.25. The van der Waals surface area contributed by atoms with Crippen LogP contribution in [0.3, 0.4) is 0 Å². The molecule has 7 heteroatoms. The topological polar surface area (TPSA) is 66.9 Å². The molecule has 1 aliphatic heterocycles. The van der Waals surface area contributed by atoms with Gasteiger partial charge in [0.2, 0.25) is 15.9 Å². The molecule has 1 aromatic carbocycles. The van der Waals surface area contributed by atoms with Gasteiger partial charge in [0.15, 0.2) is 0 Å². The first-order valence-corrected chi connectivity index (χ1v) is 9.36. The van der Waals surface area contributed by atoms with E-state index in [1.54, 1.807) is 17.0 Å². The molecular formula is C16H22N2O4S. The average molecular weight is 338 g/mol. The quantitative estimate of drug-likeness (QED) is 0.809. The minimum Gasteiger partial charge on any atom is -0.378 e. The summed E-state index contributed by atoms with van der Waals surface area (Å²) in [5, 5.41) is 0. The predicted octanol–water partition coefficient (Wildman–Crippen LogP) is 0.655. The highest BCUT2D eigenvalue weighted by molar-refractivity contribution is 7.89. The number of carbonyl (C=O) groups is 1. The molecule has 0 aromatic heterocycles. The van der Waals surface area contributed by atoms with E-state index in [1.165, 1.54) is 12.6 Å². The van der Waals surface area contributed by atoms with E-state index in [9.17, 15) is 13.2 Å². The SMILES string of the molecule is CN(CC(=O)N1CCOCC1)S(=O)(=O)c1ccc2c(c1)CCC2. The van der Waals surface area contributed by atoms with Crippen LogP contribution >= 0.6 is 0 Å². The second kappa shape index (κ2) is 6.59. The number of ether oxygens (including phenoxy) is 1. The fourth-order valence-electron chi connectivity index (χ4n) is 3.08. The molecule has 1 aliphatic carbocycles. The van der Waals surface area contributed by atoms with Crippen molar-refractivity contribution in [2.24, 2.45) is 0 Å². The summed E-state index contributed by atoms with van der Waals surface area (Å²) in [5.41, 5.74) is 2.34. The third-order valence-electron chi connectivity index (χ3n) is 4.50. The van der Waals surface area contributed by atoms with E-state index in [0.29, 0.717) is 26.3 Å². The zero-order chi connectivity index (χ0) is 16.4. The van der Waals surface area contributed by atoms with Crippen LogP contribution < -0.4 is 0 Å². The Labute approximate surface area is 137 Å². The number of likely N-dealkylation sites (N-methyl/N-ethyl adjacent to an activating group) is 1. The summed E-state index contributed by atoms with van der Waals surface area (Å²) < 4.78 is 31.7. The van der Waals surface area contributed by atoms with Crippen molar-refractivity contribution in [3.05, 3.63) is 29.3 Å². The molecule has 0 radical (unpaired) electrons. The summed E-state index contributed by atoms with van der Waals surface area (Å²) in [7, 11) is -2.18. The van der Waals surface area contributed by atoms with E-state index in [4.69, 9.17) is 4.74 Å². The molecule has 3 rings (SSSR count). The highest BCUT2D eigenvalue weighted by Crippen LogP contribution is 2.26. The number of fused-ring (bicyclic) bond motifs is 1. The van der Waals surface area contributed by atoms with Crippen molar-refractivity contribution in [1.82, 2.24) is 9.21 Å². The standard InChI is InChI=1S/C16H22N2O4S/c1-17(12-16(19)18-7-9-22-10-8-18)23(20,21)15-6-5-13-3-2-4-14(13)11-15/h5-6,11H,2-4,7-10,12H2,1H3. The average Bonchev–Trinajstić information content (AvgIpc) is 3.03. The van der Waals surface area contributed by atoms with Crippen molar-refractivity contribution >= 4 is 15.9 Å². The lowest BCUT2D eigenvalue weighted by atomic mass is 10.1. The molecule has 0 unspecified atom stereocenters. The van der Waals surface area contributed by atoms with Gasteiger partial charge in [-0.05, 0) is 42.5 Å². The number of morpholine rings is 1. The van der Waals surface area contributed by atoms with Gasteiger partial charge in [-0.1, -0.05) is 6.07 Å². The summed E-state index contributed by atoms with van der Waals surface area (Å²) in [6.45, 7) is 1.91. The normalized spacial score (nSPS) is 18.3. The molecule has 1 saturated heterocycles. The molecule has 1 amide bonds. The first-order chi connectivity index (χ1) is 11.0. The Morgan fingerprint density at radius 1 is 1.22 bits per heavy atom. The highest BCUT2D eigenvalue weighted by atomic mass is 32.2. The van der Waals surface area contributed by atoms with Gasteiger partial charge in [0.1, 0.15) is 0 Å². The molecule has 0 N–H and O–H groups in total. The first-order valence-electron chi connectivity index (χ1n) is 7.92. The number of benzene rings is 1. The van der Waals surface area contributed by atoms with Crippen molar-refractivity contribution < 1.29 is 17.9 Å². The van der Waals surface area contributed by atoms with Crippen LogP contribution in [0.25, 0.3) is 0 Å². The molecule has 126 valence electrons. The van der Waals surface area contributed by atoms with E-state index >= 15 is 0 Å². The summed E-state index contributed by atoms with van der Waals surface area (Å²) in [4.78, 5) is 14.2. The van der Waals surface area contributed by atoms with Crippen molar-refractivity contribution in [3.8, 4) is 0 Å². The Bertz CT molecular complexity index is 696. The summed E-state index contributed by atoms with van der Waals surface area (Å²) >= 11 is 0. The monoisotopic (exact) mass is 338 g/mol. The molecule has 2 aliphatic rings. The van der Waals surface area contributed by atoms with Crippen LogP contribution in [-0.4, -0.2) is 63.4 Å². The maximum Gasteiger partial charge on any atom is 0.243 e. The lowest BCUT2D eigenvalue weighted by molar-refractivity contribution is -0.135. The maximum atomic E-state index is 12.7. The zero-order valence-corrected chi connectivity index (χ0v) is 14.1. The second-order valence-electron chi connectivity index (χ2n) is 6.04. The molecule has 0 spiro atoms. The third kappa shape index (κ3) is 3.41. The molecule has 6 nitrogen and oxygen atoms in total. The van der Waals surface area contributed by atoms with E-state index in [1.807, 2.05) is 6.07 Å². The Morgan fingerprint density at radius 2 is 1.91 bits per heavy atom. The van der Waals surface area contributed by atoms with Crippen LogP contribution in [0.1, 0.15) is 17.5 Å². The van der Waals surface area contributed by atoms with Crippen molar-refractivity contribution in [2.45, 2.75) is 24.2 Å². The predicted molar refractivity (Wildman–Crippen MR) is 85.7 cm³/mol. The van der Waals surface area contributed by atoms with Gasteiger partial charge in [0.25, 0.3) is 0 Å². The number of rotatable bonds is 4. The van der Waals surface area contributed by atoms with E-state index in [-0.39, 0.29) is 17.3 Å². The highest BCUT2D eigenvalue weighted by Gasteiger charge is 2.27. The van der Waals surface area contributed by atoms with Gasteiger partial charge in [-0.15, -0.1) is 0 Å². The van der Waals surface area contributed by atoms with Crippen LogP contribution in [0.2, 0.25) is 0 Å². The smallest absolute Gasteiger partial charge is 0.243 e. The van der Waals surface area contributed by atoms with Crippen LogP contribution in [0.5, 0.6) is 0 Å². The number of carbonyl (C=O) groups excluding carboxylic acids is 1. The van der Waals surface area contributed by atoms with Gasteiger partial charge in [-0.2, -0.15) is 4.31 Å². The number of aryl methyl sites for hydroxylation is 2. The Balaban J connectivity index is 1.72. The van der Waals surface area contributed by atoms with Crippen molar-refractivity contribution in [2.75, 3.05) is 39.9 Å². The summed E-state index contributed by atoms with van der Waals surface area (Å²) in [6.07, 6.45) is 3.01. The van der Waals surface area contributed by atoms with Crippen LogP contribution in [0.4, 0.5) is 0 Å². The number of amides is 1. The van der Waals surface area contributed by atoms with Gasteiger partial charge >= 0.3 is 0 Å². The molecule has 0 atom stereocenters. The van der Waals surface area contributed by atoms with E-state index in [0.717, 1.165) is 29.1 Å². The molecule has 23 heavy (non-hydrogen) atoms. The van der Waals surface area contributed by atoms with Gasteiger partial charge < -0.3 is 9.64 Å². The molecule has 0 saturated carbocycles. The third-order valence-corrected chi connectivity index (χ3v) is 6.30. The number of sulfonamides is 1. The summed E-state index contributed by atoms with van der Waals surface area (Å²) in [6, 6.07) is 5.30. The van der Waals surface area contributed by atoms with Gasteiger partial charge in [0, 0.05) is 20.1 Å². The number of nitrogens with zero attached hydrogens (tertiary/aromatic N) is 2. The molecular weight excluding hydrogens is 316 g/mol. The van der Waals surface area contributed by atoms with Crippen LogP contribution in [0, 0.1) is 0 Å². The number of hydrogen-bond acceptors (Lipinski definition) is 4. The van der Waals surface area contributed by atoms with Crippen LogP contribution in [0.15, 0.2) is 23.1 Å². The van der Waals surface area contributed by atoms with Gasteiger partial charge in [-0.3, -0.25) is 4.79 Å². The maximum absolute atomic E-state index is 12.7. The largest absolute Gasteiger partial charge is 0.378 e. The number of hydrogen-bond donors (Lipinski definition) is 0. The van der Waals surface area contributed by atoms with E-state index in [2.05, 4.69) is 0 Å². The minimum absolute atomic E-state index is 0.139. The zero-order valence-electron chi connectivity index (χ0n) is 13.3. The molecule has 0 bridgehead atoms. The lowest BCUT2D eigenvalue weighted by Crippen LogP contribution is -2.46. The summed E-state index contributed by atoms with van der Waals surface area (Å²) in [5.74, 6) is -0.180. The Morgan fingerprint density at radius 3 is 2.65 bits per heavy atom. The van der Waals surface area contributed by atoms with Crippen molar-refractivity contribution in [1.29, 1.82) is 0 Å². The first kappa shape index (κ1) is 16.4. The lowest BCUT2D eigenvalue weighted by Gasteiger charge is -2.28. The minimum atomic E-state index is -3.64. The molecule has 1 aromatic rings. The molecule has 1 heterocycles. The molecule has 1 fully saturated rings. The Hall–Kier alpha value is -1.44. The van der Waals surface area contributed by atoms with Gasteiger partial charge in [-0.25, -0.2) is 8.42 Å². The van der Waals surface area contributed by atoms with Crippen molar-refractivity contribution in [3.63, 3.8) is 0 Å². The van der Waals surface area contributed by atoms with E-state index < -0.39 is 10.0 Å². The second-order valence-corrected chi connectivity index (χ2v) is 8.08. The van der Waals surface area contributed by atoms with Gasteiger partial charge in [0.05, 0.1) is 24.7 Å². The Kier molecular flexibility index (Phi) is 4.70.